The fourth-order valence-electron chi connectivity index (χ4n) is 2.47. The number of rotatable bonds is 7. The normalized spacial score (nSPS) is 11.8. The van der Waals surface area contributed by atoms with Crippen molar-refractivity contribution in [2.75, 3.05) is 12.4 Å². The number of fused-ring (bicyclic) bond motifs is 1. The Morgan fingerprint density at radius 2 is 2.04 bits per heavy atom. The minimum Gasteiger partial charge on any atom is -0.494 e. The molecule has 0 radical (unpaired) electrons. The van der Waals surface area contributed by atoms with Crippen molar-refractivity contribution < 1.29 is 19.2 Å². The lowest BCUT2D eigenvalue weighted by Gasteiger charge is -2.12. The second-order valence-corrected chi connectivity index (χ2v) is 7.12. The van der Waals surface area contributed by atoms with Gasteiger partial charge in [-0.2, -0.15) is 0 Å². The Hall–Kier alpha value is -3.20. The molecule has 1 heterocycles. The number of hydrogen-bond acceptors (Lipinski definition) is 7. The fraction of sp³-hybridized carbons (Fsp3) is 0.263. The number of amides is 1. The lowest BCUT2D eigenvalue weighted by molar-refractivity contribution is -0.384. The summed E-state index contributed by atoms with van der Waals surface area (Å²) in [4.78, 5) is 27.4. The Morgan fingerprint density at radius 1 is 1.32 bits per heavy atom. The van der Waals surface area contributed by atoms with Crippen LogP contribution in [0.25, 0.3) is 10.2 Å². The second-order valence-electron chi connectivity index (χ2n) is 6.09. The largest absolute Gasteiger partial charge is 0.494 e. The Morgan fingerprint density at radius 3 is 2.64 bits per heavy atom. The van der Waals surface area contributed by atoms with E-state index >= 15 is 0 Å². The summed E-state index contributed by atoms with van der Waals surface area (Å²) in [6.45, 7) is 4.01. The number of non-ortho nitro benzene ring substituents is 1. The van der Waals surface area contributed by atoms with Gasteiger partial charge in [-0.15, -0.1) is 0 Å². The summed E-state index contributed by atoms with van der Waals surface area (Å²) >= 11 is 1.14. The predicted molar refractivity (Wildman–Crippen MR) is 108 cm³/mol. The first kappa shape index (κ1) is 19.6. The van der Waals surface area contributed by atoms with Crippen LogP contribution < -0.4 is 14.8 Å². The number of hydrogen-bond donors (Lipinski definition) is 1. The highest BCUT2D eigenvalue weighted by molar-refractivity contribution is 7.22. The van der Waals surface area contributed by atoms with Gasteiger partial charge in [-0.1, -0.05) is 18.3 Å². The molecule has 0 aliphatic rings. The molecule has 1 atom stereocenters. The third kappa shape index (κ3) is 4.20. The first-order valence-corrected chi connectivity index (χ1v) is 9.44. The van der Waals surface area contributed by atoms with Gasteiger partial charge in [0.2, 0.25) is 0 Å². The number of anilines is 1. The number of benzene rings is 2. The van der Waals surface area contributed by atoms with Gasteiger partial charge in [0.15, 0.2) is 10.9 Å². The minimum absolute atomic E-state index is 0.0947. The molecule has 1 amide bonds. The molecular weight excluding hydrogens is 382 g/mol. The van der Waals surface area contributed by atoms with E-state index in [2.05, 4.69) is 10.3 Å². The number of aromatic nitrogens is 1. The van der Waals surface area contributed by atoms with Crippen molar-refractivity contribution in [3.8, 4) is 11.5 Å². The highest BCUT2D eigenvalue weighted by Gasteiger charge is 2.17. The molecule has 0 aliphatic carbocycles. The van der Waals surface area contributed by atoms with Crippen LogP contribution in [0.5, 0.6) is 11.5 Å². The van der Waals surface area contributed by atoms with Crippen LogP contribution in [0.4, 0.5) is 10.8 Å². The third-order valence-electron chi connectivity index (χ3n) is 4.12. The van der Waals surface area contributed by atoms with E-state index in [0.29, 0.717) is 26.7 Å². The van der Waals surface area contributed by atoms with E-state index in [4.69, 9.17) is 9.47 Å². The van der Waals surface area contributed by atoms with Crippen LogP contribution in [-0.2, 0) is 0 Å². The number of carbonyl (C=O) groups excluding carboxylic acids is 1. The second kappa shape index (κ2) is 8.22. The number of nitrogens with one attached hydrogen (secondary N) is 1. The zero-order chi connectivity index (χ0) is 20.3. The molecule has 0 spiro atoms. The SMILES string of the molecule is CCC(C)Oc1ccc(C(=O)Nc2nc3c(OC)cc([N+](=O)[O-])cc3s2)cc1. The van der Waals surface area contributed by atoms with Crippen LogP contribution in [-0.4, -0.2) is 29.0 Å². The van der Waals surface area contributed by atoms with E-state index in [9.17, 15) is 14.9 Å². The smallest absolute Gasteiger partial charge is 0.274 e. The molecule has 9 heteroatoms. The van der Waals surface area contributed by atoms with Crippen LogP contribution in [0.2, 0.25) is 0 Å². The van der Waals surface area contributed by atoms with Crippen LogP contribution in [0.15, 0.2) is 36.4 Å². The Balaban J connectivity index is 1.80. The monoisotopic (exact) mass is 401 g/mol. The van der Waals surface area contributed by atoms with Crippen LogP contribution in [0.1, 0.15) is 30.6 Å². The molecule has 1 unspecified atom stereocenters. The predicted octanol–water partition coefficient (Wildman–Crippen LogP) is 4.64. The zero-order valence-corrected chi connectivity index (χ0v) is 16.4. The number of methoxy groups -OCH3 is 1. The van der Waals surface area contributed by atoms with E-state index in [-0.39, 0.29) is 23.4 Å². The van der Waals surface area contributed by atoms with Gasteiger partial charge in [-0.3, -0.25) is 20.2 Å². The van der Waals surface area contributed by atoms with Crippen molar-refractivity contribution in [2.24, 2.45) is 0 Å². The molecular formula is C19H19N3O5S. The summed E-state index contributed by atoms with van der Waals surface area (Å²) in [5.74, 6) is 0.651. The van der Waals surface area contributed by atoms with Crippen molar-refractivity contribution in [3.63, 3.8) is 0 Å². The molecule has 0 saturated heterocycles. The maximum atomic E-state index is 12.5. The summed E-state index contributed by atoms with van der Waals surface area (Å²) < 4.78 is 11.4. The third-order valence-corrected chi connectivity index (χ3v) is 5.04. The number of ether oxygens (including phenoxy) is 2. The maximum Gasteiger partial charge on any atom is 0.274 e. The van der Waals surface area contributed by atoms with Crippen LogP contribution in [0.3, 0.4) is 0 Å². The van der Waals surface area contributed by atoms with Gasteiger partial charge in [-0.25, -0.2) is 4.98 Å². The fourth-order valence-corrected chi connectivity index (χ4v) is 3.38. The quantitative estimate of drug-likeness (QED) is 0.457. The van der Waals surface area contributed by atoms with Gasteiger partial charge in [0.1, 0.15) is 11.3 Å². The molecule has 2 aromatic carbocycles. The zero-order valence-electron chi connectivity index (χ0n) is 15.6. The van der Waals surface area contributed by atoms with E-state index in [1.54, 1.807) is 24.3 Å². The van der Waals surface area contributed by atoms with Crippen molar-refractivity contribution in [1.82, 2.24) is 4.98 Å². The van der Waals surface area contributed by atoms with Gasteiger partial charge in [-0.05, 0) is 37.6 Å². The molecule has 3 rings (SSSR count). The Bertz CT molecular complexity index is 1020. The summed E-state index contributed by atoms with van der Waals surface area (Å²) in [5, 5.41) is 14.1. The average molecular weight is 401 g/mol. The molecule has 8 nitrogen and oxygen atoms in total. The van der Waals surface area contributed by atoms with E-state index in [1.807, 2.05) is 13.8 Å². The van der Waals surface area contributed by atoms with Crippen molar-refractivity contribution in [1.29, 1.82) is 0 Å². The van der Waals surface area contributed by atoms with Crippen LogP contribution in [0, 0.1) is 10.1 Å². The van der Waals surface area contributed by atoms with Crippen LogP contribution >= 0.6 is 11.3 Å². The molecule has 0 bridgehead atoms. The Kier molecular flexibility index (Phi) is 5.74. The Labute approximate surface area is 165 Å². The highest BCUT2D eigenvalue weighted by Crippen LogP contribution is 2.36. The van der Waals surface area contributed by atoms with Gasteiger partial charge >= 0.3 is 0 Å². The summed E-state index contributed by atoms with van der Waals surface area (Å²) in [5.41, 5.74) is 0.821. The first-order chi connectivity index (χ1) is 13.4. The molecule has 1 aromatic heterocycles. The van der Waals surface area contributed by atoms with E-state index in [1.165, 1.54) is 19.2 Å². The molecule has 0 saturated carbocycles. The summed E-state index contributed by atoms with van der Waals surface area (Å²) in [6.07, 6.45) is 0.989. The number of nitrogens with zero attached hydrogens (tertiary/aromatic N) is 2. The van der Waals surface area contributed by atoms with E-state index in [0.717, 1.165) is 17.8 Å². The van der Waals surface area contributed by atoms with Gasteiger partial charge in [0, 0.05) is 11.6 Å². The number of nitro benzene ring substituents is 1. The van der Waals surface area contributed by atoms with Crippen molar-refractivity contribution in [3.05, 3.63) is 52.1 Å². The lowest BCUT2D eigenvalue weighted by atomic mass is 10.2. The summed E-state index contributed by atoms with van der Waals surface area (Å²) in [7, 11) is 1.42. The molecule has 0 aliphatic heterocycles. The highest BCUT2D eigenvalue weighted by atomic mass is 32.1. The van der Waals surface area contributed by atoms with Gasteiger partial charge in [0.05, 0.1) is 28.9 Å². The average Bonchev–Trinajstić information content (AvgIpc) is 3.09. The van der Waals surface area contributed by atoms with Crippen molar-refractivity contribution in [2.45, 2.75) is 26.4 Å². The van der Waals surface area contributed by atoms with Crippen molar-refractivity contribution >= 4 is 38.3 Å². The molecule has 28 heavy (non-hydrogen) atoms. The number of thiazole rings is 1. The topological polar surface area (TPSA) is 104 Å². The molecule has 0 fully saturated rings. The molecule has 1 N–H and O–H groups in total. The van der Waals surface area contributed by atoms with E-state index < -0.39 is 4.92 Å². The molecule has 3 aromatic rings. The van der Waals surface area contributed by atoms with Gasteiger partial charge in [0.25, 0.3) is 11.6 Å². The maximum absolute atomic E-state index is 12.5. The first-order valence-electron chi connectivity index (χ1n) is 8.62. The molecule has 146 valence electrons. The summed E-state index contributed by atoms with van der Waals surface area (Å²) in [6, 6.07) is 9.55. The van der Waals surface area contributed by atoms with Gasteiger partial charge < -0.3 is 9.47 Å². The lowest BCUT2D eigenvalue weighted by Crippen LogP contribution is -2.12. The standard InChI is InChI=1S/C19H19N3O5S/c1-4-11(2)27-14-7-5-12(6-8-14)18(23)21-19-20-17-15(26-3)9-13(22(24)25)10-16(17)28-19/h5-11H,4H2,1-3H3,(H,20,21,23). The minimum atomic E-state index is -0.497. The number of carbonyl (C=O) groups is 1. The number of nitro groups is 1.